The summed E-state index contributed by atoms with van der Waals surface area (Å²) in [5, 5.41) is 14.1. The predicted octanol–water partition coefficient (Wildman–Crippen LogP) is 4.42. The highest BCUT2D eigenvalue weighted by Crippen LogP contribution is 2.31. The second-order valence-corrected chi connectivity index (χ2v) is 7.88. The van der Waals surface area contributed by atoms with E-state index in [-0.39, 0.29) is 17.6 Å². The van der Waals surface area contributed by atoms with Gasteiger partial charge >= 0.3 is 0 Å². The number of pyridine rings is 1. The molecule has 1 aliphatic rings. The third-order valence-corrected chi connectivity index (χ3v) is 5.39. The van der Waals surface area contributed by atoms with Crippen LogP contribution < -0.4 is 10.1 Å². The Bertz CT molecular complexity index is 886. The van der Waals surface area contributed by atoms with Crippen molar-refractivity contribution in [1.82, 2.24) is 9.88 Å². The third-order valence-electron chi connectivity index (χ3n) is 5.17. The molecule has 1 aromatic heterocycles. The third kappa shape index (κ3) is 5.74. The van der Waals surface area contributed by atoms with Gasteiger partial charge in [0.1, 0.15) is 17.3 Å². The minimum absolute atomic E-state index is 0.0471. The van der Waals surface area contributed by atoms with Crippen molar-refractivity contribution in [2.24, 2.45) is 5.92 Å². The maximum atomic E-state index is 12.7. The number of aromatic hydroxyl groups is 1. The van der Waals surface area contributed by atoms with E-state index in [1.54, 1.807) is 18.2 Å². The fourth-order valence-corrected chi connectivity index (χ4v) is 3.85. The van der Waals surface area contributed by atoms with Crippen LogP contribution in [0.15, 0.2) is 43.1 Å². The maximum absolute atomic E-state index is 12.7. The van der Waals surface area contributed by atoms with E-state index in [0.29, 0.717) is 37.0 Å². The lowest BCUT2D eigenvalue weighted by Crippen LogP contribution is -2.40. The second-order valence-electron chi connectivity index (χ2n) is 7.44. The first kappa shape index (κ1) is 22.1. The summed E-state index contributed by atoms with van der Waals surface area (Å²) in [6, 6.07) is 7.13. The number of likely N-dealkylation sites (tertiary alicyclic amines) is 1. The summed E-state index contributed by atoms with van der Waals surface area (Å²) >= 11 is 5.85. The number of rotatable bonds is 8. The molecule has 1 fully saturated rings. The fourth-order valence-electron chi connectivity index (χ4n) is 3.74. The van der Waals surface area contributed by atoms with Gasteiger partial charge in [-0.3, -0.25) is 9.69 Å². The number of allylic oxidation sites excluding steroid dienone is 1. The Hall–Kier alpha value is -2.57. The van der Waals surface area contributed by atoms with E-state index in [2.05, 4.69) is 21.8 Å². The Morgan fingerprint density at radius 3 is 2.93 bits per heavy atom. The summed E-state index contributed by atoms with van der Waals surface area (Å²) in [5.74, 6) is 1.32. The molecule has 30 heavy (non-hydrogen) atoms. The van der Waals surface area contributed by atoms with Gasteiger partial charge in [-0.25, -0.2) is 4.98 Å². The quantitative estimate of drug-likeness (QED) is 0.607. The molecule has 2 N–H and O–H groups in total. The first-order chi connectivity index (χ1) is 14.5. The Balaban J connectivity index is 1.68. The van der Waals surface area contributed by atoms with E-state index >= 15 is 0 Å². The number of benzene rings is 1. The number of anilines is 1. The molecule has 1 atom stereocenters. The molecule has 0 saturated carbocycles. The zero-order valence-corrected chi connectivity index (χ0v) is 18.0. The van der Waals surface area contributed by atoms with Crippen LogP contribution in [0.1, 0.15) is 30.9 Å². The topological polar surface area (TPSA) is 74.7 Å². The zero-order chi connectivity index (χ0) is 21.5. The van der Waals surface area contributed by atoms with Crippen LogP contribution in [0.25, 0.3) is 0 Å². The molecule has 1 aromatic carbocycles. The number of phenolic OH excluding ortho intramolecular Hbond substituents is 1. The van der Waals surface area contributed by atoms with Gasteiger partial charge in [0.15, 0.2) is 0 Å². The van der Waals surface area contributed by atoms with Gasteiger partial charge in [-0.05, 0) is 57.0 Å². The molecule has 160 valence electrons. The van der Waals surface area contributed by atoms with Crippen molar-refractivity contribution in [3.05, 3.63) is 59.3 Å². The molecular formula is C23H28ClN3O3. The normalized spacial score (nSPS) is 16.8. The van der Waals surface area contributed by atoms with Crippen molar-refractivity contribution in [3.8, 4) is 11.5 Å². The Morgan fingerprint density at radius 2 is 2.23 bits per heavy atom. The molecule has 2 aromatic rings. The fraction of sp³-hybridized carbons (Fsp3) is 0.391. The minimum Gasteiger partial charge on any atom is -0.507 e. The van der Waals surface area contributed by atoms with Gasteiger partial charge < -0.3 is 15.2 Å². The van der Waals surface area contributed by atoms with Crippen molar-refractivity contribution >= 4 is 23.3 Å². The molecule has 7 heteroatoms. The summed E-state index contributed by atoms with van der Waals surface area (Å²) in [6.07, 6.45) is 5.58. The molecule has 0 radical (unpaired) electrons. The molecular weight excluding hydrogens is 402 g/mol. The molecule has 0 spiro atoms. The van der Waals surface area contributed by atoms with Crippen LogP contribution in [0.4, 0.5) is 5.82 Å². The average Bonchev–Trinajstić information content (AvgIpc) is 2.73. The van der Waals surface area contributed by atoms with Gasteiger partial charge in [0.05, 0.1) is 17.5 Å². The lowest BCUT2D eigenvalue weighted by Gasteiger charge is -2.32. The zero-order valence-electron chi connectivity index (χ0n) is 17.2. The monoisotopic (exact) mass is 429 g/mol. The molecule has 0 bridgehead atoms. The van der Waals surface area contributed by atoms with Crippen LogP contribution in [0.3, 0.4) is 0 Å². The van der Waals surface area contributed by atoms with E-state index in [1.807, 2.05) is 19.1 Å². The molecule has 0 aliphatic carbocycles. The van der Waals surface area contributed by atoms with Crippen molar-refractivity contribution in [2.45, 2.75) is 32.7 Å². The Labute approximate surface area is 182 Å². The van der Waals surface area contributed by atoms with Gasteiger partial charge in [0.2, 0.25) is 5.91 Å². The lowest BCUT2D eigenvalue weighted by molar-refractivity contribution is -0.121. The number of hydrogen-bond donors (Lipinski definition) is 2. The van der Waals surface area contributed by atoms with Gasteiger partial charge in [0.25, 0.3) is 0 Å². The van der Waals surface area contributed by atoms with Crippen LogP contribution in [0, 0.1) is 5.92 Å². The number of piperidine rings is 1. The molecule has 3 rings (SSSR count). The average molecular weight is 430 g/mol. The molecule has 2 heterocycles. The number of phenols is 1. The molecule has 1 amide bonds. The van der Waals surface area contributed by atoms with Gasteiger partial charge in [0, 0.05) is 30.4 Å². The van der Waals surface area contributed by atoms with Crippen molar-refractivity contribution < 1.29 is 14.6 Å². The summed E-state index contributed by atoms with van der Waals surface area (Å²) in [5.41, 5.74) is 1.60. The Morgan fingerprint density at radius 1 is 1.43 bits per heavy atom. The largest absolute Gasteiger partial charge is 0.507 e. The van der Waals surface area contributed by atoms with E-state index in [1.165, 1.54) is 6.20 Å². The number of nitrogens with one attached hydrogen (secondary N) is 1. The standard InChI is InChI=1S/C23H28ClN3O3/c1-3-6-16-11-20(30-4-2)12-18(22(16)28)15-27-10-5-7-17(14-27)23(29)26-21-9-8-19(24)13-25-21/h3,8-9,11-13,17,28H,1,4-7,10,14-15H2,2H3,(H,25,26,29). The number of hydrogen-bond acceptors (Lipinski definition) is 5. The highest BCUT2D eigenvalue weighted by atomic mass is 35.5. The minimum atomic E-state index is -0.138. The summed E-state index contributed by atoms with van der Waals surface area (Å²) in [4.78, 5) is 19.0. The molecule has 6 nitrogen and oxygen atoms in total. The van der Waals surface area contributed by atoms with Crippen LogP contribution in [-0.4, -0.2) is 40.6 Å². The summed E-state index contributed by atoms with van der Waals surface area (Å²) in [7, 11) is 0. The van der Waals surface area contributed by atoms with Gasteiger partial charge in [-0.15, -0.1) is 6.58 Å². The van der Waals surface area contributed by atoms with Crippen LogP contribution in [0.5, 0.6) is 11.5 Å². The van der Waals surface area contributed by atoms with Gasteiger partial charge in [-0.1, -0.05) is 17.7 Å². The number of halogens is 1. The summed E-state index contributed by atoms with van der Waals surface area (Å²) < 4.78 is 5.67. The highest BCUT2D eigenvalue weighted by Gasteiger charge is 2.27. The number of amides is 1. The van der Waals surface area contributed by atoms with Crippen LogP contribution >= 0.6 is 11.6 Å². The molecule has 1 saturated heterocycles. The van der Waals surface area contributed by atoms with Crippen LogP contribution in [-0.2, 0) is 17.8 Å². The van der Waals surface area contributed by atoms with E-state index in [0.717, 1.165) is 36.3 Å². The van der Waals surface area contributed by atoms with Crippen molar-refractivity contribution in [3.63, 3.8) is 0 Å². The lowest BCUT2D eigenvalue weighted by atomic mass is 9.96. The second kappa shape index (κ2) is 10.5. The van der Waals surface area contributed by atoms with E-state index < -0.39 is 0 Å². The smallest absolute Gasteiger partial charge is 0.229 e. The predicted molar refractivity (Wildman–Crippen MR) is 119 cm³/mol. The molecule has 1 aliphatic heterocycles. The van der Waals surface area contributed by atoms with Crippen molar-refractivity contribution in [2.75, 3.05) is 25.0 Å². The highest BCUT2D eigenvalue weighted by molar-refractivity contribution is 6.30. The number of aromatic nitrogens is 1. The van der Waals surface area contributed by atoms with Gasteiger partial charge in [-0.2, -0.15) is 0 Å². The number of nitrogens with zero attached hydrogens (tertiary/aromatic N) is 2. The number of ether oxygens (including phenoxy) is 1. The molecule has 1 unspecified atom stereocenters. The van der Waals surface area contributed by atoms with Crippen molar-refractivity contribution in [1.29, 1.82) is 0 Å². The first-order valence-corrected chi connectivity index (χ1v) is 10.6. The van der Waals surface area contributed by atoms with Crippen LogP contribution in [0.2, 0.25) is 5.02 Å². The number of carbonyl (C=O) groups is 1. The van der Waals surface area contributed by atoms with E-state index in [4.69, 9.17) is 16.3 Å². The Kier molecular flexibility index (Phi) is 7.71. The summed E-state index contributed by atoms with van der Waals surface area (Å²) in [6.45, 7) is 8.31. The van der Waals surface area contributed by atoms with E-state index in [9.17, 15) is 9.90 Å². The number of carbonyl (C=O) groups excluding carboxylic acids is 1. The first-order valence-electron chi connectivity index (χ1n) is 10.2. The SMILES string of the molecule is C=CCc1cc(OCC)cc(CN2CCCC(C(=O)Nc3ccc(Cl)cn3)C2)c1O. The maximum Gasteiger partial charge on any atom is 0.229 e.